The van der Waals surface area contributed by atoms with Crippen molar-refractivity contribution in [3.05, 3.63) is 53.9 Å². The predicted octanol–water partition coefficient (Wildman–Crippen LogP) is 4.14. The third kappa shape index (κ3) is 4.52. The van der Waals surface area contributed by atoms with Crippen LogP contribution in [0.3, 0.4) is 0 Å². The summed E-state index contributed by atoms with van der Waals surface area (Å²) in [6.45, 7) is 9.64. The highest BCUT2D eigenvalue weighted by atomic mass is 16.5. The average molecular weight is 418 g/mol. The topological polar surface area (TPSA) is 78.4 Å². The number of ether oxygens (including phenoxy) is 1. The van der Waals surface area contributed by atoms with Gasteiger partial charge in [-0.3, -0.25) is 0 Å². The number of nitrogens with two attached hydrogens (primary N) is 1. The van der Waals surface area contributed by atoms with Crippen molar-refractivity contribution in [1.82, 2.24) is 9.88 Å². The van der Waals surface area contributed by atoms with Gasteiger partial charge in [-0.1, -0.05) is 18.7 Å². The van der Waals surface area contributed by atoms with Crippen LogP contribution in [0.5, 0.6) is 0 Å². The smallest absolute Gasteiger partial charge is 0.147 e. The molecule has 2 N–H and O–H groups in total. The van der Waals surface area contributed by atoms with Crippen LogP contribution >= 0.6 is 0 Å². The minimum absolute atomic E-state index is 0.296. The quantitative estimate of drug-likeness (QED) is 0.682. The van der Waals surface area contributed by atoms with Crippen LogP contribution in [-0.2, 0) is 4.74 Å². The molecule has 1 aromatic heterocycles. The van der Waals surface area contributed by atoms with Crippen molar-refractivity contribution in [2.24, 2.45) is 0 Å². The minimum Gasteiger partial charge on any atom is -0.399 e. The fraction of sp³-hybridized carbons (Fsp3) is 0.440. The van der Waals surface area contributed by atoms with Gasteiger partial charge in [-0.15, -0.1) is 0 Å². The molecule has 1 saturated carbocycles. The molecule has 6 heteroatoms. The van der Waals surface area contributed by atoms with Crippen molar-refractivity contribution < 1.29 is 4.74 Å². The molecular formula is C25H31N5O. The first-order valence-electron chi connectivity index (χ1n) is 11.0. The maximum absolute atomic E-state index is 9.94. The number of nitrogen functional groups attached to an aromatic ring is 1. The molecule has 0 amide bonds. The number of piperazine rings is 1. The van der Waals surface area contributed by atoms with Crippen LogP contribution in [0.4, 0.5) is 11.5 Å². The van der Waals surface area contributed by atoms with Gasteiger partial charge < -0.3 is 20.3 Å². The number of aromatic nitrogens is 1. The van der Waals surface area contributed by atoms with E-state index in [1.807, 2.05) is 30.3 Å². The molecule has 1 atom stereocenters. The second-order valence-corrected chi connectivity index (χ2v) is 8.60. The van der Waals surface area contributed by atoms with E-state index in [1.165, 1.54) is 0 Å². The van der Waals surface area contributed by atoms with Crippen molar-refractivity contribution >= 4 is 11.5 Å². The lowest BCUT2D eigenvalue weighted by Gasteiger charge is -2.43. The number of rotatable bonds is 7. The third-order valence-electron chi connectivity index (χ3n) is 6.24. The second kappa shape index (κ2) is 8.99. The summed E-state index contributed by atoms with van der Waals surface area (Å²) >= 11 is 0. The van der Waals surface area contributed by atoms with Crippen LogP contribution in [0.25, 0.3) is 11.1 Å². The molecule has 0 bridgehead atoms. The van der Waals surface area contributed by atoms with E-state index in [9.17, 15) is 5.26 Å². The summed E-state index contributed by atoms with van der Waals surface area (Å²) in [5.41, 5.74) is 11.6. The molecule has 2 fully saturated rings. The molecular weight excluding hydrogens is 386 g/mol. The zero-order valence-electron chi connectivity index (χ0n) is 18.5. The Labute approximate surface area is 184 Å². The molecule has 4 rings (SSSR count). The first-order valence-corrected chi connectivity index (χ1v) is 11.0. The highest BCUT2D eigenvalue weighted by Gasteiger charge is 2.32. The summed E-state index contributed by atoms with van der Waals surface area (Å²) in [4.78, 5) is 9.70. The Morgan fingerprint density at radius 1 is 1.32 bits per heavy atom. The van der Waals surface area contributed by atoms with Gasteiger partial charge in [0.05, 0.1) is 17.9 Å². The number of hydrogen-bond donors (Lipinski definition) is 1. The summed E-state index contributed by atoms with van der Waals surface area (Å²) in [5, 5.41) is 9.94. The summed E-state index contributed by atoms with van der Waals surface area (Å²) < 4.78 is 5.20. The predicted molar refractivity (Wildman–Crippen MR) is 125 cm³/mol. The number of nitriles is 1. The van der Waals surface area contributed by atoms with Gasteiger partial charge in [0.15, 0.2) is 0 Å². The zero-order valence-corrected chi connectivity index (χ0v) is 18.5. The first-order chi connectivity index (χ1) is 15.0. The van der Waals surface area contributed by atoms with Crippen LogP contribution in [0.2, 0.25) is 0 Å². The first kappa shape index (κ1) is 21.2. The van der Waals surface area contributed by atoms with Gasteiger partial charge >= 0.3 is 0 Å². The number of pyridine rings is 1. The fourth-order valence-corrected chi connectivity index (χ4v) is 4.43. The number of hydrogen-bond acceptors (Lipinski definition) is 6. The van der Waals surface area contributed by atoms with Gasteiger partial charge in [0, 0.05) is 62.1 Å². The van der Waals surface area contributed by atoms with Crippen LogP contribution in [0, 0.1) is 11.3 Å². The number of benzene rings is 1. The normalized spacial score (nSPS) is 18.7. The summed E-state index contributed by atoms with van der Waals surface area (Å²) in [6, 6.07) is 12.6. The lowest BCUT2D eigenvalue weighted by molar-refractivity contribution is 0.177. The second-order valence-electron chi connectivity index (χ2n) is 8.60. The van der Waals surface area contributed by atoms with E-state index in [4.69, 9.17) is 15.5 Å². The Morgan fingerprint density at radius 2 is 2.13 bits per heavy atom. The highest BCUT2D eigenvalue weighted by Crippen LogP contribution is 2.45. The van der Waals surface area contributed by atoms with Gasteiger partial charge in [-0.25, -0.2) is 4.98 Å². The van der Waals surface area contributed by atoms with Gasteiger partial charge in [-0.05, 0) is 43.5 Å². The maximum atomic E-state index is 9.94. The SMILES string of the molecule is C=C(CCOC)N1CCN(c2nc(C3CC3)c(-c3cccc(N)c3)cc2C#N)CC1C. The molecule has 1 saturated heterocycles. The molecule has 1 aliphatic carbocycles. The molecule has 31 heavy (non-hydrogen) atoms. The Morgan fingerprint density at radius 3 is 2.77 bits per heavy atom. The van der Waals surface area contributed by atoms with E-state index in [-0.39, 0.29) is 0 Å². The lowest BCUT2D eigenvalue weighted by atomic mass is 9.98. The van der Waals surface area contributed by atoms with E-state index in [0.29, 0.717) is 24.1 Å². The van der Waals surface area contributed by atoms with Crippen molar-refractivity contribution in [3.8, 4) is 17.2 Å². The van der Waals surface area contributed by atoms with E-state index in [0.717, 1.165) is 72.9 Å². The fourth-order valence-electron chi connectivity index (χ4n) is 4.43. The largest absolute Gasteiger partial charge is 0.399 e. The number of methoxy groups -OCH3 is 1. The summed E-state index contributed by atoms with van der Waals surface area (Å²) in [5.74, 6) is 1.28. The molecule has 1 aromatic carbocycles. The molecule has 2 aliphatic rings. The molecule has 1 unspecified atom stereocenters. The van der Waals surface area contributed by atoms with Gasteiger partial charge in [0.2, 0.25) is 0 Å². The average Bonchev–Trinajstić information content (AvgIpc) is 3.62. The van der Waals surface area contributed by atoms with Gasteiger partial charge in [0.25, 0.3) is 0 Å². The maximum Gasteiger partial charge on any atom is 0.147 e. The van der Waals surface area contributed by atoms with Crippen LogP contribution < -0.4 is 10.6 Å². The third-order valence-corrected chi connectivity index (χ3v) is 6.24. The van der Waals surface area contributed by atoms with Crippen molar-refractivity contribution in [1.29, 1.82) is 5.26 Å². The molecule has 0 radical (unpaired) electrons. The molecule has 2 heterocycles. The van der Waals surface area contributed by atoms with Crippen LogP contribution in [0.1, 0.15) is 43.4 Å². The van der Waals surface area contributed by atoms with Gasteiger partial charge in [0.1, 0.15) is 11.9 Å². The van der Waals surface area contributed by atoms with Crippen LogP contribution in [-0.4, -0.2) is 49.3 Å². The Kier molecular flexibility index (Phi) is 6.15. The Bertz CT molecular complexity index is 1010. The van der Waals surface area contributed by atoms with E-state index in [2.05, 4.69) is 29.4 Å². The van der Waals surface area contributed by atoms with E-state index in [1.54, 1.807) is 7.11 Å². The standard InChI is InChI=1S/C25H31N5O/c1-17(9-12-31-3)30-11-10-29(16-18(30)2)25-21(15-26)14-23(24(28-25)19-7-8-19)20-5-4-6-22(27)13-20/h4-6,13-14,18-19H,1,7-12,16,27H2,2-3H3. The van der Waals surface area contributed by atoms with Crippen LogP contribution in [0.15, 0.2) is 42.6 Å². The number of nitrogens with zero attached hydrogens (tertiary/aromatic N) is 4. The van der Waals surface area contributed by atoms with E-state index < -0.39 is 0 Å². The molecule has 1 aliphatic heterocycles. The molecule has 2 aromatic rings. The van der Waals surface area contributed by atoms with Gasteiger partial charge in [-0.2, -0.15) is 5.26 Å². The molecule has 0 spiro atoms. The Hall–Kier alpha value is -3.04. The van der Waals surface area contributed by atoms with E-state index >= 15 is 0 Å². The Balaban J connectivity index is 1.63. The monoisotopic (exact) mass is 417 g/mol. The molecule has 6 nitrogen and oxygen atoms in total. The summed E-state index contributed by atoms with van der Waals surface area (Å²) in [7, 11) is 1.72. The summed E-state index contributed by atoms with van der Waals surface area (Å²) in [6.07, 6.45) is 3.14. The number of anilines is 2. The van der Waals surface area contributed by atoms with Crippen molar-refractivity contribution in [2.45, 2.75) is 38.1 Å². The molecule has 162 valence electrons. The lowest BCUT2D eigenvalue weighted by Crippen LogP contribution is -2.51. The van der Waals surface area contributed by atoms with Crippen molar-refractivity contribution in [2.75, 3.05) is 44.0 Å². The zero-order chi connectivity index (χ0) is 22.0. The highest BCUT2D eigenvalue weighted by molar-refractivity contribution is 5.74. The van der Waals surface area contributed by atoms with Crippen molar-refractivity contribution in [3.63, 3.8) is 0 Å². The minimum atomic E-state index is 0.296.